The first kappa shape index (κ1) is 18.1. The number of benzene rings is 2. The Morgan fingerprint density at radius 2 is 1.48 bits per heavy atom. The van der Waals surface area contributed by atoms with Gasteiger partial charge in [0.2, 0.25) is 0 Å². The SMILES string of the molecule is Cc1ccccc1P(CC1=N[C@@H](C(C)(C)C)CO1)c1ccccc1C. The molecule has 2 aromatic rings. The highest BCUT2D eigenvalue weighted by atomic mass is 31.1. The molecular formula is C22H28NOP. The predicted octanol–water partition coefficient (Wildman–Crippen LogP) is 4.58. The minimum atomic E-state index is -0.514. The Labute approximate surface area is 153 Å². The van der Waals surface area contributed by atoms with Crippen LogP contribution in [0.2, 0.25) is 0 Å². The van der Waals surface area contributed by atoms with Crippen molar-refractivity contribution in [3.63, 3.8) is 0 Å². The van der Waals surface area contributed by atoms with E-state index in [0.29, 0.717) is 6.61 Å². The highest BCUT2D eigenvalue weighted by Crippen LogP contribution is 2.38. The van der Waals surface area contributed by atoms with Crippen molar-refractivity contribution < 1.29 is 4.74 Å². The van der Waals surface area contributed by atoms with Crippen LogP contribution in [0.1, 0.15) is 31.9 Å². The van der Waals surface area contributed by atoms with Gasteiger partial charge in [-0.1, -0.05) is 69.3 Å². The fraction of sp³-hybridized carbons (Fsp3) is 0.409. The molecular weight excluding hydrogens is 325 g/mol. The Morgan fingerprint density at radius 3 is 1.92 bits per heavy atom. The molecule has 25 heavy (non-hydrogen) atoms. The first-order valence-corrected chi connectivity index (χ1v) is 10.5. The lowest BCUT2D eigenvalue weighted by Crippen LogP contribution is -2.25. The number of rotatable bonds is 4. The third kappa shape index (κ3) is 4.12. The van der Waals surface area contributed by atoms with Gasteiger partial charge in [-0.15, -0.1) is 0 Å². The van der Waals surface area contributed by atoms with Crippen LogP contribution < -0.4 is 10.6 Å². The Balaban J connectivity index is 1.96. The van der Waals surface area contributed by atoms with Crippen molar-refractivity contribution >= 4 is 24.4 Å². The molecule has 0 aliphatic carbocycles. The molecule has 0 aromatic heterocycles. The normalized spacial score (nSPS) is 17.5. The Kier molecular flexibility index (Phi) is 5.29. The summed E-state index contributed by atoms with van der Waals surface area (Å²) in [6, 6.07) is 17.7. The molecule has 0 N–H and O–H groups in total. The highest BCUT2D eigenvalue weighted by molar-refractivity contribution is 7.74. The first-order valence-electron chi connectivity index (χ1n) is 8.94. The molecule has 1 heterocycles. The molecule has 2 nitrogen and oxygen atoms in total. The van der Waals surface area contributed by atoms with E-state index >= 15 is 0 Å². The van der Waals surface area contributed by atoms with E-state index < -0.39 is 7.92 Å². The van der Waals surface area contributed by atoms with Crippen molar-refractivity contribution in [3.05, 3.63) is 59.7 Å². The summed E-state index contributed by atoms with van der Waals surface area (Å²) in [4.78, 5) is 4.92. The van der Waals surface area contributed by atoms with Gasteiger partial charge in [0.25, 0.3) is 0 Å². The van der Waals surface area contributed by atoms with E-state index in [1.807, 2.05) is 0 Å². The van der Waals surface area contributed by atoms with Gasteiger partial charge < -0.3 is 4.74 Å². The van der Waals surface area contributed by atoms with E-state index in [2.05, 4.69) is 83.1 Å². The number of hydrogen-bond acceptors (Lipinski definition) is 2. The summed E-state index contributed by atoms with van der Waals surface area (Å²) in [6.45, 7) is 11.8. The lowest BCUT2D eigenvalue weighted by Gasteiger charge is -2.22. The molecule has 3 heteroatoms. The van der Waals surface area contributed by atoms with Gasteiger partial charge in [0.05, 0.1) is 12.2 Å². The summed E-state index contributed by atoms with van der Waals surface area (Å²) in [6.07, 6.45) is 0.887. The summed E-state index contributed by atoms with van der Waals surface area (Å²) in [5.41, 5.74) is 2.85. The molecule has 3 rings (SSSR count). The maximum Gasteiger partial charge on any atom is 0.188 e. The Morgan fingerprint density at radius 1 is 0.960 bits per heavy atom. The van der Waals surface area contributed by atoms with Crippen LogP contribution in [0.25, 0.3) is 0 Å². The molecule has 0 saturated carbocycles. The van der Waals surface area contributed by atoms with E-state index in [1.165, 1.54) is 21.7 Å². The van der Waals surface area contributed by atoms with Gasteiger partial charge in [-0.3, -0.25) is 0 Å². The van der Waals surface area contributed by atoms with Gasteiger partial charge in [-0.25, -0.2) is 4.99 Å². The zero-order valence-electron chi connectivity index (χ0n) is 15.9. The average Bonchev–Trinajstić information content (AvgIpc) is 3.03. The number of ether oxygens (including phenoxy) is 1. The van der Waals surface area contributed by atoms with E-state index in [4.69, 9.17) is 9.73 Å². The van der Waals surface area contributed by atoms with Crippen molar-refractivity contribution in [2.24, 2.45) is 10.4 Å². The second-order valence-corrected chi connectivity index (χ2v) is 10.0. The number of aliphatic imine (C=N–C) groups is 1. The van der Waals surface area contributed by atoms with Crippen molar-refractivity contribution in [2.45, 2.75) is 40.7 Å². The molecule has 132 valence electrons. The number of hydrogen-bond donors (Lipinski definition) is 0. The zero-order chi connectivity index (χ0) is 18.0. The second-order valence-electron chi connectivity index (χ2n) is 7.87. The first-order chi connectivity index (χ1) is 11.9. The third-order valence-electron chi connectivity index (χ3n) is 4.81. The summed E-state index contributed by atoms with van der Waals surface area (Å²) in [5.74, 6) is 0.928. The fourth-order valence-electron chi connectivity index (χ4n) is 3.12. The minimum Gasteiger partial charge on any atom is -0.478 e. The van der Waals surface area contributed by atoms with E-state index in [-0.39, 0.29) is 11.5 Å². The van der Waals surface area contributed by atoms with Gasteiger partial charge >= 0.3 is 0 Å². The quantitative estimate of drug-likeness (QED) is 0.737. The predicted molar refractivity (Wildman–Crippen MR) is 110 cm³/mol. The molecule has 1 atom stereocenters. The molecule has 0 saturated heterocycles. The fourth-order valence-corrected chi connectivity index (χ4v) is 5.70. The van der Waals surface area contributed by atoms with Crippen LogP contribution in [0.5, 0.6) is 0 Å². The van der Waals surface area contributed by atoms with Crippen LogP contribution in [0.15, 0.2) is 53.5 Å². The molecule has 0 radical (unpaired) electrons. The summed E-state index contributed by atoms with van der Waals surface area (Å²) >= 11 is 0. The third-order valence-corrected chi connectivity index (χ3v) is 7.57. The number of nitrogens with zero attached hydrogens (tertiary/aromatic N) is 1. The highest BCUT2D eigenvalue weighted by Gasteiger charge is 2.31. The Bertz CT molecular complexity index is 730. The van der Waals surface area contributed by atoms with E-state index in [1.54, 1.807) is 0 Å². The monoisotopic (exact) mass is 353 g/mol. The number of aryl methyl sites for hydroxylation is 2. The lowest BCUT2D eigenvalue weighted by molar-refractivity contribution is 0.235. The maximum atomic E-state index is 6.01. The van der Waals surface area contributed by atoms with Crippen LogP contribution in [0, 0.1) is 19.3 Å². The van der Waals surface area contributed by atoms with Gasteiger partial charge in [-0.05, 0) is 48.9 Å². The summed E-state index contributed by atoms with van der Waals surface area (Å²) in [7, 11) is -0.514. The molecule has 2 aromatic carbocycles. The molecule has 1 aliphatic heterocycles. The molecule has 0 unspecified atom stereocenters. The van der Waals surface area contributed by atoms with Crippen molar-refractivity contribution in [3.8, 4) is 0 Å². The van der Waals surface area contributed by atoms with Gasteiger partial charge in [0, 0.05) is 0 Å². The second kappa shape index (κ2) is 7.30. The van der Waals surface area contributed by atoms with Crippen LogP contribution in [0.3, 0.4) is 0 Å². The maximum absolute atomic E-state index is 6.01. The lowest BCUT2D eigenvalue weighted by atomic mass is 9.88. The topological polar surface area (TPSA) is 21.6 Å². The molecule has 0 amide bonds. The molecule has 0 fully saturated rings. The van der Waals surface area contributed by atoms with E-state index in [9.17, 15) is 0 Å². The Hall–Kier alpha value is -1.66. The van der Waals surface area contributed by atoms with Crippen LogP contribution >= 0.6 is 7.92 Å². The van der Waals surface area contributed by atoms with Crippen LogP contribution in [-0.2, 0) is 4.74 Å². The van der Waals surface area contributed by atoms with Crippen molar-refractivity contribution in [1.29, 1.82) is 0 Å². The van der Waals surface area contributed by atoms with Gasteiger partial charge in [-0.2, -0.15) is 0 Å². The molecule has 0 spiro atoms. The molecule has 0 bridgehead atoms. The van der Waals surface area contributed by atoms with Gasteiger partial charge in [0.15, 0.2) is 5.90 Å². The summed E-state index contributed by atoms with van der Waals surface area (Å²) < 4.78 is 6.01. The van der Waals surface area contributed by atoms with Gasteiger partial charge in [0.1, 0.15) is 6.61 Å². The van der Waals surface area contributed by atoms with Crippen LogP contribution in [0.4, 0.5) is 0 Å². The van der Waals surface area contributed by atoms with Crippen molar-refractivity contribution in [2.75, 3.05) is 12.8 Å². The largest absolute Gasteiger partial charge is 0.478 e. The summed E-state index contributed by atoms with van der Waals surface area (Å²) in [5, 5.41) is 2.86. The smallest absolute Gasteiger partial charge is 0.188 e. The average molecular weight is 353 g/mol. The van der Waals surface area contributed by atoms with Crippen molar-refractivity contribution in [1.82, 2.24) is 0 Å². The zero-order valence-corrected chi connectivity index (χ0v) is 16.8. The van der Waals surface area contributed by atoms with E-state index in [0.717, 1.165) is 12.1 Å². The molecule has 1 aliphatic rings. The minimum absolute atomic E-state index is 0.149. The van der Waals surface area contributed by atoms with Crippen LogP contribution in [-0.4, -0.2) is 24.7 Å². The standard InChI is InChI=1S/C22H28NOP/c1-16-10-6-8-12-18(16)25(19-13-9-7-11-17(19)2)15-21-23-20(14-24-21)22(3,4)5/h6-13,20H,14-15H2,1-5H3/t20-/m1/s1.